The smallest absolute Gasteiger partial charge is 0.305 e. The van der Waals surface area contributed by atoms with Crippen molar-refractivity contribution in [3.05, 3.63) is 65.5 Å². The number of methoxy groups -OCH3 is 1. The molecule has 0 saturated carbocycles. The fraction of sp³-hybridized carbons (Fsp3) is 0.435. The van der Waals surface area contributed by atoms with E-state index in [-0.39, 0.29) is 16.7 Å². The first-order chi connectivity index (χ1) is 14.3. The second-order valence-electron chi connectivity index (χ2n) is 7.42. The summed E-state index contributed by atoms with van der Waals surface area (Å²) in [6.07, 6.45) is 5.43. The topological polar surface area (TPSA) is 72.5 Å². The molecule has 1 N–H and O–H groups in total. The van der Waals surface area contributed by atoms with Crippen molar-refractivity contribution in [1.29, 1.82) is 0 Å². The number of halogens is 1. The molecule has 0 aliphatic carbocycles. The molecule has 0 bridgehead atoms. The molecule has 30 heavy (non-hydrogen) atoms. The highest BCUT2D eigenvalue weighted by Crippen LogP contribution is 2.24. The van der Waals surface area contributed by atoms with Crippen LogP contribution in [0.3, 0.4) is 0 Å². The summed E-state index contributed by atoms with van der Waals surface area (Å²) in [5, 5.41) is 0. The number of nitrogens with one attached hydrogen (secondary N) is 1. The lowest BCUT2D eigenvalue weighted by Gasteiger charge is -2.19. The van der Waals surface area contributed by atoms with Crippen molar-refractivity contribution >= 4 is 16.0 Å². The predicted molar refractivity (Wildman–Crippen MR) is 115 cm³/mol. The molecule has 5 nitrogen and oxygen atoms in total. The molecule has 1 unspecified atom stereocenters. The second kappa shape index (κ2) is 11.8. The molecular formula is C23H30FNO4S. The highest BCUT2D eigenvalue weighted by Gasteiger charge is 2.21. The number of hydrogen-bond donors (Lipinski definition) is 1. The van der Waals surface area contributed by atoms with Crippen LogP contribution in [0, 0.1) is 12.7 Å². The molecule has 164 valence electrons. The summed E-state index contributed by atoms with van der Waals surface area (Å²) in [4.78, 5) is 11.3. The van der Waals surface area contributed by atoms with Crippen LogP contribution in [-0.2, 0) is 19.6 Å². The van der Waals surface area contributed by atoms with E-state index in [4.69, 9.17) is 0 Å². The molecule has 2 aromatic rings. The molecule has 0 spiro atoms. The van der Waals surface area contributed by atoms with E-state index in [0.717, 1.165) is 43.2 Å². The van der Waals surface area contributed by atoms with E-state index in [2.05, 4.69) is 9.46 Å². The molecule has 2 rings (SSSR count). The minimum absolute atomic E-state index is 0.197. The molecular weight excluding hydrogens is 405 g/mol. The van der Waals surface area contributed by atoms with Gasteiger partial charge in [-0.1, -0.05) is 55.5 Å². The third-order valence-corrected chi connectivity index (χ3v) is 6.49. The lowest BCUT2D eigenvalue weighted by Crippen LogP contribution is -2.28. The summed E-state index contributed by atoms with van der Waals surface area (Å²) in [5.74, 6) is -0.554. The highest BCUT2D eigenvalue weighted by atomic mass is 32.2. The third-order valence-electron chi connectivity index (χ3n) is 5.00. The number of unbranched alkanes of at least 4 members (excludes halogenated alkanes) is 4. The van der Waals surface area contributed by atoms with Gasteiger partial charge in [-0.2, -0.15) is 0 Å². The van der Waals surface area contributed by atoms with Crippen LogP contribution in [0.5, 0.6) is 0 Å². The van der Waals surface area contributed by atoms with Gasteiger partial charge in [-0.3, -0.25) is 4.79 Å². The Morgan fingerprint density at radius 3 is 2.20 bits per heavy atom. The summed E-state index contributed by atoms with van der Waals surface area (Å²) < 4.78 is 46.4. The fourth-order valence-corrected chi connectivity index (χ4v) is 4.47. The largest absolute Gasteiger partial charge is 0.469 e. The normalized spacial score (nSPS) is 12.5. The number of carbonyl (C=O) groups is 1. The minimum atomic E-state index is -3.69. The van der Waals surface area contributed by atoms with Crippen molar-refractivity contribution < 1.29 is 22.3 Å². The summed E-state index contributed by atoms with van der Waals surface area (Å²) in [5.41, 5.74) is 1.72. The van der Waals surface area contributed by atoms with Gasteiger partial charge in [0.25, 0.3) is 0 Å². The van der Waals surface area contributed by atoms with Crippen molar-refractivity contribution in [2.45, 2.75) is 62.8 Å². The van der Waals surface area contributed by atoms with E-state index < -0.39 is 16.1 Å². The summed E-state index contributed by atoms with van der Waals surface area (Å²) >= 11 is 0. The number of ether oxygens (including phenoxy) is 1. The number of aryl methyl sites for hydroxylation is 1. The molecule has 0 fully saturated rings. The Bertz CT molecular complexity index is 896. The van der Waals surface area contributed by atoms with E-state index in [1.54, 1.807) is 36.4 Å². The van der Waals surface area contributed by atoms with Crippen LogP contribution in [0.25, 0.3) is 0 Å². The molecule has 0 radical (unpaired) electrons. The first-order valence-electron chi connectivity index (χ1n) is 10.2. The maximum absolute atomic E-state index is 13.3. The molecule has 0 saturated heterocycles. The summed E-state index contributed by atoms with van der Waals surface area (Å²) in [6, 6.07) is 12.2. The number of sulfonamides is 1. The predicted octanol–water partition coefficient (Wildman–Crippen LogP) is 5.06. The van der Waals surface area contributed by atoms with Gasteiger partial charge in [0, 0.05) is 12.5 Å². The van der Waals surface area contributed by atoms with Crippen molar-refractivity contribution in [1.82, 2.24) is 4.72 Å². The summed E-state index contributed by atoms with van der Waals surface area (Å²) in [7, 11) is -2.31. The van der Waals surface area contributed by atoms with Crippen molar-refractivity contribution in [3.8, 4) is 0 Å². The van der Waals surface area contributed by atoms with Crippen molar-refractivity contribution in [2.75, 3.05) is 7.11 Å². The van der Waals surface area contributed by atoms with Gasteiger partial charge in [-0.15, -0.1) is 0 Å². The molecule has 1 atom stereocenters. The van der Waals surface area contributed by atoms with Gasteiger partial charge in [0.15, 0.2) is 0 Å². The van der Waals surface area contributed by atoms with E-state index >= 15 is 0 Å². The van der Waals surface area contributed by atoms with Gasteiger partial charge >= 0.3 is 5.97 Å². The molecule has 0 aliphatic rings. The maximum Gasteiger partial charge on any atom is 0.305 e. The van der Waals surface area contributed by atoms with Gasteiger partial charge in [0.2, 0.25) is 10.0 Å². The number of rotatable bonds is 12. The standard InChI is InChI=1S/C23H30FNO4S/c1-18-10-16-21(17-11-18)30(27,28)25-22(19-12-14-20(24)15-13-19)8-6-4-3-5-7-9-23(26)29-2/h10-17,22,25H,3-9H2,1-2H3. The van der Waals surface area contributed by atoms with E-state index in [1.807, 2.05) is 6.92 Å². The Morgan fingerprint density at radius 2 is 1.57 bits per heavy atom. The monoisotopic (exact) mass is 435 g/mol. The lowest BCUT2D eigenvalue weighted by molar-refractivity contribution is -0.140. The highest BCUT2D eigenvalue weighted by molar-refractivity contribution is 7.89. The zero-order chi connectivity index (χ0) is 22.0. The molecule has 7 heteroatoms. The zero-order valence-corrected chi connectivity index (χ0v) is 18.4. The zero-order valence-electron chi connectivity index (χ0n) is 17.6. The quantitative estimate of drug-likeness (QED) is 0.374. The van der Waals surface area contributed by atoms with Gasteiger partial charge in [-0.05, 0) is 49.6 Å². The molecule has 0 aromatic heterocycles. The van der Waals surface area contributed by atoms with Crippen LogP contribution in [-0.4, -0.2) is 21.5 Å². The number of hydrogen-bond acceptors (Lipinski definition) is 4. The van der Waals surface area contributed by atoms with Gasteiger partial charge in [-0.25, -0.2) is 17.5 Å². The number of carbonyl (C=O) groups excluding carboxylic acids is 1. The number of esters is 1. The first-order valence-corrected chi connectivity index (χ1v) is 11.7. The van der Waals surface area contributed by atoms with Crippen LogP contribution in [0.1, 0.15) is 62.1 Å². The van der Waals surface area contributed by atoms with Crippen LogP contribution in [0.2, 0.25) is 0 Å². The SMILES string of the molecule is COC(=O)CCCCCCCC(NS(=O)(=O)c1ccc(C)cc1)c1ccc(F)cc1. The Balaban J connectivity index is 1.97. The van der Waals surface area contributed by atoms with E-state index in [1.165, 1.54) is 19.2 Å². The lowest BCUT2D eigenvalue weighted by atomic mass is 10.0. The van der Waals surface area contributed by atoms with Crippen molar-refractivity contribution in [2.24, 2.45) is 0 Å². The first kappa shape index (κ1) is 24.0. The Morgan fingerprint density at radius 1 is 0.967 bits per heavy atom. The van der Waals surface area contributed by atoms with E-state index in [9.17, 15) is 17.6 Å². The maximum atomic E-state index is 13.3. The van der Waals surface area contributed by atoms with Crippen LogP contribution < -0.4 is 4.72 Å². The fourth-order valence-electron chi connectivity index (χ4n) is 3.21. The second-order valence-corrected chi connectivity index (χ2v) is 9.14. The molecule has 0 aliphatic heterocycles. The average molecular weight is 436 g/mol. The van der Waals surface area contributed by atoms with Crippen LogP contribution >= 0.6 is 0 Å². The van der Waals surface area contributed by atoms with Gasteiger partial charge < -0.3 is 4.74 Å². The number of benzene rings is 2. The van der Waals surface area contributed by atoms with Crippen LogP contribution in [0.4, 0.5) is 4.39 Å². The van der Waals surface area contributed by atoms with Gasteiger partial charge in [0.1, 0.15) is 5.82 Å². The Kier molecular flexibility index (Phi) is 9.46. The molecule has 0 amide bonds. The summed E-state index contributed by atoms with van der Waals surface area (Å²) in [6.45, 7) is 1.90. The molecule has 0 heterocycles. The average Bonchev–Trinajstić information content (AvgIpc) is 2.72. The Hall–Kier alpha value is -2.25. The van der Waals surface area contributed by atoms with E-state index in [0.29, 0.717) is 12.8 Å². The third kappa shape index (κ3) is 7.88. The minimum Gasteiger partial charge on any atom is -0.469 e. The van der Waals surface area contributed by atoms with Crippen molar-refractivity contribution in [3.63, 3.8) is 0 Å². The molecule has 2 aromatic carbocycles. The van der Waals surface area contributed by atoms with Gasteiger partial charge in [0.05, 0.1) is 12.0 Å². The van der Waals surface area contributed by atoms with Crippen LogP contribution in [0.15, 0.2) is 53.4 Å². The Labute approximate surface area is 178 Å².